The quantitative estimate of drug-likeness (QED) is 0.404. The van der Waals surface area contributed by atoms with E-state index >= 15 is 0 Å². The summed E-state index contributed by atoms with van der Waals surface area (Å²) in [6.45, 7) is 4.07. The third-order valence-electron chi connectivity index (χ3n) is 3.73. The summed E-state index contributed by atoms with van der Waals surface area (Å²) in [6.07, 6.45) is 2.78. The van der Waals surface area contributed by atoms with Crippen LogP contribution in [-0.2, 0) is 0 Å². The smallest absolute Gasteiger partial charge is 0.175 e. The van der Waals surface area contributed by atoms with Crippen molar-refractivity contribution in [2.45, 2.75) is 26.4 Å². The molecule has 0 fully saturated rings. The summed E-state index contributed by atoms with van der Waals surface area (Å²) in [4.78, 5) is 0. The van der Waals surface area contributed by atoms with Crippen LogP contribution in [0.25, 0.3) is 11.6 Å². The Bertz CT molecular complexity index is 810. The van der Waals surface area contributed by atoms with Gasteiger partial charge in [0.1, 0.15) is 0 Å². The summed E-state index contributed by atoms with van der Waals surface area (Å²) in [5, 5.41) is 10.1. The number of methoxy groups -OCH3 is 1. The van der Waals surface area contributed by atoms with Gasteiger partial charge in [0, 0.05) is 5.02 Å². The number of hydrogen-bond acceptors (Lipinski definition) is 3. The normalized spacial score (nSPS) is 12.4. The Hall–Kier alpha value is -1.96. The van der Waals surface area contributed by atoms with Crippen LogP contribution in [0.15, 0.2) is 40.9 Å². The van der Waals surface area contributed by atoms with Crippen LogP contribution in [-0.4, -0.2) is 13.2 Å². The second kappa shape index (κ2) is 8.94. The summed E-state index contributed by atoms with van der Waals surface area (Å²) >= 11 is 9.45. The summed E-state index contributed by atoms with van der Waals surface area (Å²) in [6, 6.07) is 13.2. The second-order valence-corrected chi connectivity index (χ2v) is 6.84. The van der Waals surface area contributed by atoms with E-state index in [0.29, 0.717) is 22.1 Å². The van der Waals surface area contributed by atoms with E-state index in [-0.39, 0.29) is 6.10 Å². The van der Waals surface area contributed by atoms with Gasteiger partial charge in [-0.05, 0) is 70.7 Å². The molecule has 0 saturated heterocycles. The van der Waals surface area contributed by atoms with Crippen molar-refractivity contribution < 1.29 is 9.47 Å². The largest absolute Gasteiger partial charge is 0.493 e. The maximum Gasteiger partial charge on any atom is 0.175 e. The molecule has 2 rings (SSSR count). The van der Waals surface area contributed by atoms with Crippen LogP contribution in [0.5, 0.6) is 11.5 Å². The van der Waals surface area contributed by atoms with Crippen LogP contribution in [0.3, 0.4) is 0 Å². The molecule has 0 amide bonds. The van der Waals surface area contributed by atoms with E-state index < -0.39 is 0 Å². The van der Waals surface area contributed by atoms with Gasteiger partial charge in [0.25, 0.3) is 0 Å². The molecule has 0 aliphatic carbocycles. The highest BCUT2D eigenvalue weighted by Gasteiger charge is 2.14. The molecule has 0 saturated carbocycles. The Balaban J connectivity index is 2.43. The van der Waals surface area contributed by atoms with E-state index in [1.807, 2.05) is 37.3 Å². The first-order valence-corrected chi connectivity index (χ1v) is 9.07. The zero-order valence-electron chi connectivity index (χ0n) is 14.3. The van der Waals surface area contributed by atoms with E-state index in [0.717, 1.165) is 22.0 Å². The van der Waals surface area contributed by atoms with Crippen LogP contribution in [0.2, 0.25) is 5.02 Å². The van der Waals surface area contributed by atoms with Gasteiger partial charge in [-0.3, -0.25) is 0 Å². The monoisotopic (exact) mass is 419 g/mol. The molecule has 0 heterocycles. The van der Waals surface area contributed by atoms with Gasteiger partial charge >= 0.3 is 0 Å². The number of allylic oxidation sites excluding steroid dienone is 1. The van der Waals surface area contributed by atoms with E-state index in [2.05, 4.69) is 28.9 Å². The van der Waals surface area contributed by atoms with Crippen molar-refractivity contribution in [2.75, 3.05) is 7.11 Å². The Labute approximate surface area is 162 Å². The predicted molar refractivity (Wildman–Crippen MR) is 106 cm³/mol. The number of ether oxygens (including phenoxy) is 2. The molecule has 2 aromatic rings. The van der Waals surface area contributed by atoms with Gasteiger partial charge in [-0.1, -0.05) is 30.7 Å². The minimum absolute atomic E-state index is 0.0790. The lowest BCUT2D eigenvalue weighted by atomic mass is 10.0. The summed E-state index contributed by atoms with van der Waals surface area (Å²) in [7, 11) is 1.60. The maximum atomic E-state index is 9.49. The molecule has 0 aromatic heterocycles. The van der Waals surface area contributed by atoms with E-state index in [1.165, 1.54) is 0 Å². The molecule has 0 unspecified atom stereocenters. The lowest BCUT2D eigenvalue weighted by Gasteiger charge is -2.17. The zero-order chi connectivity index (χ0) is 18.4. The highest BCUT2D eigenvalue weighted by molar-refractivity contribution is 9.10. The van der Waals surface area contributed by atoms with Crippen molar-refractivity contribution in [3.63, 3.8) is 0 Å². The Morgan fingerprint density at radius 3 is 2.56 bits per heavy atom. The molecule has 130 valence electrons. The average Bonchev–Trinajstić information content (AvgIpc) is 2.62. The first-order valence-electron chi connectivity index (χ1n) is 7.90. The number of nitrogens with zero attached hydrogens (tertiary/aromatic N) is 1. The minimum atomic E-state index is 0.0790. The van der Waals surface area contributed by atoms with Crippen LogP contribution in [0.4, 0.5) is 0 Å². The van der Waals surface area contributed by atoms with Crippen LogP contribution in [0.1, 0.15) is 31.4 Å². The van der Waals surface area contributed by atoms with Crippen LogP contribution in [0, 0.1) is 11.3 Å². The third kappa shape index (κ3) is 5.01. The summed E-state index contributed by atoms with van der Waals surface area (Å²) in [5.41, 5.74) is 2.19. The molecular weight excluding hydrogens is 402 g/mol. The number of benzene rings is 2. The van der Waals surface area contributed by atoms with E-state index in [4.69, 9.17) is 21.1 Å². The van der Waals surface area contributed by atoms with Crippen molar-refractivity contribution in [3.8, 4) is 17.6 Å². The standard InChI is InChI=1S/C20H19BrClNO2/c1-4-13(2)25-20-18(21)10-14(11-19(20)24-3)9-16(12-23)15-5-7-17(22)8-6-15/h5-11,13H,4H2,1-3H3/b16-9+/t13-/m0/s1. The average molecular weight is 421 g/mol. The molecule has 5 heteroatoms. The lowest BCUT2D eigenvalue weighted by molar-refractivity contribution is 0.206. The second-order valence-electron chi connectivity index (χ2n) is 5.55. The molecule has 25 heavy (non-hydrogen) atoms. The van der Waals surface area contributed by atoms with Crippen molar-refractivity contribution in [1.82, 2.24) is 0 Å². The first kappa shape index (κ1) is 19.4. The number of nitriles is 1. The summed E-state index contributed by atoms with van der Waals surface area (Å²) < 4.78 is 12.2. The molecule has 0 aliphatic rings. The van der Waals surface area contributed by atoms with Gasteiger partial charge in [-0.15, -0.1) is 0 Å². The number of hydrogen-bond donors (Lipinski definition) is 0. The highest BCUT2D eigenvalue weighted by atomic mass is 79.9. The van der Waals surface area contributed by atoms with E-state index in [9.17, 15) is 5.26 Å². The number of halogens is 2. The fourth-order valence-electron chi connectivity index (χ4n) is 2.20. The molecule has 0 spiro atoms. The van der Waals surface area contributed by atoms with Gasteiger partial charge in [-0.25, -0.2) is 0 Å². The van der Waals surface area contributed by atoms with Gasteiger partial charge < -0.3 is 9.47 Å². The lowest BCUT2D eigenvalue weighted by Crippen LogP contribution is -2.11. The molecule has 3 nitrogen and oxygen atoms in total. The van der Waals surface area contributed by atoms with Crippen molar-refractivity contribution in [3.05, 3.63) is 57.0 Å². The molecule has 0 radical (unpaired) electrons. The van der Waals surface area contributed by atoms with Gasteiger partial charge in [0.2, 0.25) is 0 Å². The molecule has 2 aromatic carbocycles. The molecule has 0 aliphatic heterocycles. The topological polar surface area (TPSA) is 42.2 Å². The zero-order valence-corrected chi connectivity index (χ0v) is 16.7. The predicted octanol–water partition coefficient (Wildman–Crippen LogP) is 6.35. The third-order valence-corrected chi connectivity index (χ3v) is 4.57. The van der Waals surface area contributed by atoms with Crippen molar-refractivity contribution in [1.29, 1.82) is 5.26 Å². The molecule has 0 bridgehead atoms. The Kier molecular flexibility index (Phi) is 6.92. The Morgan fingerprint density at radius 1 is 1.32 bits per heavy atom. The van der Waals surface area contributed by atoms with E-state index in [1.54, 1.807) is 19.2 Å². The molecule has 1 atom stereocenters. The SMILES string of the molecule is CC[C@H](C)Oc1c(Br)cc(/C=C(\C#N)c2ccc(Cl)cc2)cc1OC. The Morgan fingerprint density at radius 2 is 2.00 bits per heavy atom. The molecule has 0 N–H and O–H groups in total. The molecular formula is C20H19BrClNO2. The number of rotatable bonds is 6. The summed E-state index contributed by atoms with van der Waals surface area (Å²) in [5.74, 6) is 1.29. The fourth-order valence-corrected chi connectivity index (χ4v) is 2.88. The highest BCUT2D eigenvalue weighted by Crippen LogP contribution is 2.38. The van der Waals surface area contributed by atoms with Crippen LogP contribution >= 0.6 is 27.5 Å². The van der Waals surface area contributed by atoms with Crippen molar-refractivity contribution >= 4 is 39.2 Å². The van der Waals surface area contributed by atoms with Crippen LogP contribution < -0.4 is 9.47 Å². The minimum Gasteiger partial charge on any atom is -0.493 e. The van der Waals surface area contributed by atoms with Gasteiger partial charge in [0.15, 0.2) is 11.5 Å². The maximum absolute atomic E-state index is 9.49. The van der Waals surface area contributed by atoms with Crippen molar-refractivity contribution in [2.24, 2.45) is 0 Å². The van der Waals surface area contributed by atoms with Gasteiger partial charge in [0.05, 0.1) is 29.3 Å². The van der Waals surface area contributed by atoms with Gasteiger partial charge in [-0.2, -0.15) is 5.26 Å². The first-order chi connectivity index (χ1) is 12.0. The fraction of sp³-hybridized carbons (Fsp3) is 0.250.